The largest absolute Gasteiger partial charge is 0.478 e. The van der Waals surface area contributed by atoms with Crippen LogP contribution in [-0.2, 0) is 13.6 Å². The van der Waals surface area contributed by atoms with Crippen LogP contribution in [0.2, 0.25) is 0 Å². The molecule has 0 fully saturated rings. The zero-order valence-electron chi connectivity index (χ0n) is 11.1. The number of aromatic carboxylic acids is 1. The molecule has 0 unspecified atom stereocenters. The van der Waals surface area contributed by atoms with E-state index in [4.69, 9.17) is 5.11 Å². The van der Waals surface area contributed by atoms with Crippen molar-refractivity contribution >= 4 is 17.7 Å². The second-order valence-electron chi connectivity index (χ2n) is 4.25. The molecule has 8 heteroatoms. The number of anilines is 1. The third kappa shape index (κ3) is 3.56. The van der Waals surface area contributed by atoms with Crippen molar-refractivity contribution in [2.24, 2.45) is 7.05 Å². The Balaban J connectivity index is 2.03. The normalized spacial score (nSPS) is 10.2. The van der Waals surface area contributed by atoms with Crippen LogP contribution in [0.15, 0.2) is 30.5 Å². The summed E-state index contributed by atoms with van der Waals surface area (Å²) < 4.78 is 14.6. The average molecular weight is 292 g/mol. The van der Waals surface area contributed by atoms with Gasteiger partial charge in [-0.2, -0.15) is 5.10 Å². The van der Waals surface area contributed by atoms with Gasteiger partial charge in [0.05, 0.1) is 23.5 Å². The Morgan fingerprint density at radius 1 is 1.38 bits per heavy atom. The summed E-state index contributed by atoms with van der Waals surface area (Å²) in [7, 11) is 1.73. The van der Waals surface area contributed by atoms with Crippen molar-refractivity contribution in [1.29, 1.82) is 0 Å². The van der Waals surface area contributed by atoms with Gasteiger partial charge >= 0.3 is 12.0 Å². The zero-order valence-corrected chi connectivity index (χ0v) is 11.1. The lowest BCUT2D eigenvalue weighted by atomic mass is 10.2. The molecule has 110 valence electrons. The smallest absolute Gasteiger partial charge is 0.337 e. The van der Waals surface area contributed by atoms with Gasteiger partial charge in [-0.3, -0.25) is 4.68 Å². The van der Waals surface area contributed by atoms with Crippen LogP contribution in [0.5, 0.6) is 0 Å². The number of nitrogens with zero attached hydrogens (tertiary/aromatic N) is 2. The quantitative estimate of drug-likeness (QED) is 0.797. The number of halogens is 1. The summed E-state index contributed by atoms with van der Waals surface area (Å²) in [6.07, 6.45) is 1.59. The van der Waals surface area contributed by atoms with Gasteiger partial charge in [0.15, 0.2) is 0 Å². The third-order valence-electron chi connectivity index (χ3n) is 2.81. The summed E-state index contributed by atoms with van der Waals surface area (Å²) in [6, 6.07) is 4.26. The molecule has 2 rings (SSSR count). The van der Waals surface area contributed by atoms with Crippen molar-refractivity contribution in [2.75, 3.05) is 5.32 Å². The van der Waals surface area contributed by atoms with Crippen molar-refractivity contribution in [3.8, 4) is 0 Å². The Kier molecular flexibility index (Phi) is 4.17. The van der Waals surface area contributed by atoms with Gasteiger partial charge < -0.3 is 15.7 Å². The number of amides is 2. The summed E-state index contributed by atoms with van der Waals surface area (Å²) in [6.45, 7) is 0.228. The molecule has 0 saturated heterocycles. The number of hydrogen-bond donors (Lipinski definition) is 3. The fourth-order valence-corrected chi connectivity index (χ4v) is 1.71. The molecule has 1 aromatic heterocycles. The highest BCUT2D eigenvalue weighted by Gasteiger charge is 2.13. The number of aromatic nitrogens is 2. The summed E-state index contributed by atoms with van der Waals surface area (Å²) in [5.74, 6) is -2.01. The molecule has 1 heterocycles. The first-order valence-corrected chi connectivity index (χ1v) is 6.02. The van der Waals surface area contributed by atoms with Gasteiger partial charge in [-0.15, -0.1) is 0 Å². The average Bonchev–Trinajstić information content (AvgIpc) is 2.84. The fraction of sp³-hybridized carbons (Fsp3) is 0.154. The number of urea groups is 1. The van der Waals surface area contributed by atoms with Gasteiger partial charge in [-0.1, -0.05) is 0 Å². The van der Waals surface area contributed by atoms with E-state index in [-0.39, 0.29) is 17.8 Å². The van der Waals surface area contributed by atoms with Gasteiger partial charge in [0.2, 0.25) is 0 Å². The number of hydrogen-bond acceptors (Lipinski definition) is 3. The van der Waals surface area contributed by atoms with Gasteiger partial charge in [-0.25, -0.2) is 14.0 Å². The first-order valence-electron chi connectivity index (χ1n) is 6.02. The lowest BCUT2D eigenvalue weighted by Crippen LogP contribution is -2.29. The van der Waals surface area contributed by atoms with Crippen molar-refractivity contribution in [1.82, 2.24) is 15.1 Å². The first-order chi connectivity index (χ1) is 9.97. The van der Waals surface area contributed by atoms with Crippen molar-refractivity contribution in [2.45, 2.75) is 6.54 Å². The van der Waals surface area contributed by atoms with Crippen LogP contribution in [0, 0.1) is 5.82 Å². The number of rotatable bonds is 4. The predicted molar refractivity (Wildman–Crippen MR) is 72.4 cm³/mol. The van der Waals surface area contributed by atoms with E-state index >= 15 is 0 Å². The summed E-state index contributed by atoms with van der Waals surface area (Å²) >= 11 is 0. The molecule has 2 amide bonds. The van der Waals surface area contributed by atoms with E-state index in [2.05, 4.69) is 15.7 Å². The summed E-state index contributed by atoms with van der Waals surface area (Å²) in [5, 5.41) is 17.9. The van der Waals surface area contributed by atoms with Crippen LogP contribution in [0.1, 0.15) is 16.1 Å². The maximum atomic E-state index is 13.0. The van der Waals surface area contributed by atoms with Crippen LogP contribution >= 0.6 is 0 Å². The molecule has 3 N–H and O–H groups in total. The molecule has 0 atom stereocenters. The zero-order chi connectivity index (χ0) is 15.4. The SMILES string of the molecule is Cn1nccc1CNC(=O)Nc1ccc(F)cc1C(=O)O. The van der Waals surface area contributed by atoms with E-state index in [9.17, 15) is 14.0 Å². The van der Waals surface area contributed by atoms with Crippen molar-refractivity contribution in [3.05, 3.63) is 47.5 Å². The number of benzene rings is 1. The van der Waals surface area contributed by atoms with Crippen LogP contribution in [0.4, 0.5) is 14.9 Å². The molecule has 7 nitrogen and oxygen atoms in total. The summed E-state index contributed by atoms with van der Waals surface area (Å²) in [5.41, 5.74) is 0.486. The van der Waals surface area contributed by atoms with E-state index < -0.39 is 17.8 Å². The topological polar surface area (TPSA) is 96.3 Å². The molecule has 0 aliphatic heterocycles. The van der Waals surface area contributed by atoms with Gasteiger partial charge in [-0.05, 0) is 24.3 Å². The fourth-order valence-electron chi connectivity index (χ4n) is 1.71. The highest BCUT2D eigenvalue weighted by atomic mass is 19.1. The highest BCUT2D eigenvalue weighted by Crippen LogP contribution is 2.17. The minimum absolute atomic E-state index is 0.0198. The molecule has 0 aliphatic rings. The van der Waals surface area contributed by atoms with E-state index in [1.54, 1.807) is 24.0 Å². The van der Waals surface area contributed by atoms with Gasteiger partial charge in [0.25, 0.3) is 0 Å². The van der Waals surface area contributed by atoms with E-state index in [1.165, 1.54) is 6.07 Å². The predicted octanol–water partition coefficient (Wildman–Crippen LogP) is 1.58. The molecule has 1 aromatic carbocycles. The second kappa shape index (κ2) is 6.04. The standard InChI is InChI=1S/C13H13FN4O3/c1-18-9(4-5-16-18)7-15-13(21)17-11-3-2-8(14)6-10(11)12(19)20/h2-6H,7H2,1H3,(H,19,20)(H2,15,17,21). The number of carboxylic acid groups (broad SMARTS) is 1. The van der Waals surface area contributed by atoms with Crippen molar-refractivity contribution < 1.29 is 19.1 Å². The number of carbonyl (C=O) groups excluding carboxylic acids is 1. The third-order valence-corrected chi connectivity index (χ3v) is 2.81. The van der Waals surface area contributed by atoms with E-state index in [0.29, 0.717) is 0 Å². The first kappa shape index (κ1) is 14.5. The molecule has 0 spiro atoms. The Labute approximate surface area is 119 Å². The molecule has 0 saturated carbocycles. The molecule has 2 aromatic rings. The molecular formula is C13H13FN4O3. The monoisotopic (exact) mass is 292 g/mol. The Hall–Kier alpha value is -2.90. The minimum atomic E-state index is -1.32. The van der Waals surface area contributed by atoms with E-state index in [1.807, 2.05) is 0 Å². The lowest BCUT2D eigenvalue weighted by molar-refractivity contribution is 0.0697. The van der Waals surface area contributed by atoms with Crippen LogP contribution in [-0.4, -0.2) is 26.9 Å². The molecular weight excluding hydrogens is 279 g/mol. The maximum absolute atomic E-state index is 13.0. The van der Waals surface area contributed by atoms with Crippen LogP contribution in [0.3, 0.4) is 0 Å². The highest BCUT2D eigenvalue weighted by molar-refractivity contribution is 5.99. The van der Waals surface area contributed by atoms with Gasteiger partial charge in [0.1, 0.15) is 5.82 Å². The van der Waals surface area contributed by atoms with Gasteiger partial charge in [0, 0.05) is 13.2 Å². The molecule has 0 bridgehead atoms. The lowest BCUT2D eigenvalue weighted by Gasteiger charge is -2.10. The molecule has 0 aliphatic carbocycles. The minimum Gasteiger partial charge on any atom is -0.478 e. The number of nitrogens with one attached hydrogen (secondary N) is 2. The Morgan fingerprint density at radius 3 is 2.76 bits per heavy atom. The molecule has 0 radical (unpaired) electrons. The number of aryl methyl sites for hydroxylation is 1. The maximum Gasteiger partial charge on any atom is 0.337 e. The van der Waals surface area contributed by atoms with Crippen molar-refractivity contribution in [3.63, 3.8) is 0 Å². The number of carboxylic acids is 1. The van der Waals surface area contributed by atoms with Crippen LogP contribution < -0.4 is 10.6 Å². The number of carbonyl (C=O) groups is 2. The Morgan fingerprint density at radius 2 is 2.14 bits per heavy atom. The Bertz CT molecular complexity index is 684. The summed E-state index contributed by atoms with van der Waals surface area (Å²) in [4.78, 5) is 22.7. The second-order valence-corrected chi connectivity index (χ2v) is 4.25. The molecule has 21 heavy (non-hydrogen) atoms. The van der Waals surface area contributed by atoms with Crippen LogP contribution in [0.25, 0.3) is 0 Å². The van der Waals surface area contributed by atoms with E-state index in [0.717, 1.165) is 17.8 Å².